The maximum atomic E-state index is 10.3. The highest BCUT2D eigenvalue weighted by Crippen LogP contribution is 2.57. The van der Waals surface area contributed by atoms with Gasteiger partial charge in [-0.3, -0.25) is 0 Å². The quantitative estimate of drug-likeness (QED) is 0.115. The monoisotopic (exact) mass is 672 g/mol. The first-order chi connectivity index (χ1) is 28.6. The fourth-order valence-corrected chi connectivity index (χ4v) is 8.11. The molecule has 2 aliphatic carbocycles. The molecule has 1 heteroatoms. The van der Waals surface area contributed by atoms with E-state index < -0.39 is 11.5 Å². The Balaban J connectivity index is 1.31. The van der Waals surface area contributed by atoms with Gasteiger partial charge in [0.05, 0.1) is 21.1 Å². The summed E-state index contributed by atoms with van der Waals surface area (Å²) in [6.07, 6.45) is 11.7. The van der Waals surface area contributed by atoms with Crippen molar-refractivity contribution in [3.63, 3.8) is 0 Å². The van der Waals surface area contributed by atoms with Crippen LogP contribution in [0.3, 0.4) is 0 Å². The second-order valence-electron chi connectivity index (χ2n) is 13.2. The van der Waals surface area contributed by atoms with Gasteiger partial charge in [0.15, 0.2) is 0 Å². The first-order valence-corrected chi connectivity index (χ1v) is 17.5. The van der Waals surface area contributed by atoms with Crippen LogP contribution in [-0.2, 0) is 5.41 Å². The van der Waals surface area contributed by atoms with Crippen LogP contribution in [-0.4, -0.2) is 6.04 Å². The zero-order valence-electron chi connectivity index (χ0n) is 35.6. The van der Waals surface area contributed by atoms with Gasteiger partial charge in [-0.25, -0.2) is 0 Å². The molecule has 0 saturated carbocycles. The van der Waals surface area contributed by atoms with Crippen molar-refractivity contribution in [3.8, 4) is 11.1 Å². The molecule has 1 nitrogen and oxygen atoms in total. The molecule has 2 aliphatic rings. The number of hydrogen-bond acceptors (Lipinski definition) is 1. The summed E-state index contributed by atoms with van der Waals surface area (Å²) >= 11 is 0. The molecule has 0 heterocycles. The summed E-state index contributed by atoms with van der Waals surface area (Å²) in [6, 6.07) is 35.4. The van der Waals surface area contributed by atoms with Gasteiger partial charge in [0, 0.05) is 11.4 Å². The lowest BCUT2D eigenvalue weighted by molar-refractivity contribution is 0.762. The van der Waals surface area contributed by atoms with E-state index in [2.05, 4.69) is 49.6 Å². The zero-order chi connectivity index (χ0) is 41.2. The number of anilines is 2. The van der Waals surface area contributed by atoms with E-state index in [4.69, 9.17) is 2.74 Å². The van der Waals surface area contributed by atoms with E-state index >= 15 is 0 Å². The van der Waals surface area contributed by atoms with Crippen LogP contribution in [0.5, 0.6) is 0 Å². The summed E-state index contributed by atoms with van der Waals surface area (Å²) in [7, 11) is 0. The van der Waals surface area contributed by atoms with Crippen molar-refractivity contribution < 1.29 is 9.60 Å². The number of fused-ring (bicyclic) bond motifs is 6. The van der Waals surface area contributed by atoms with Gasteiger partial charge in [0.1, 0.15) is 0 Å². The molecule has 0 radical (unpaired) electrons. The first-order valence-electron chi connectivity index (χ1n) is 21.0. The van der Waals surface area contributed by atoms with Crippen molar-refractivity contribution in [2.75, 3.05) is 4.90 Å². The van der Waals surface area contributed by atoms with Gasteiger partial charge < -0.3 is 4.90 Å². The van der Waals surface area contributed by atoms with Crippen molar-refractivity contribution in [2.45, 2.75) is 17.9 Å². The molecular weight excluding hydrogens is 627 g/mol. The van der Waals surface area contributed by atoms with Gasteiger partial charge in [0.2, 0.25) is 0 Å². The number of rotatable bonds is 8. The summed E-state index contributed by atoms with van der Waals surface area (Å²) in [6.45, 7) is 8.49. The lowest BCUT2D eigenvalue weighted by Crippen LogP contribution is -2.31. The molecule has 52 heavy (non-hydrogen) atoms. The van der Waals surface area contributed by atoms with Crippen LogP contribution in [0.15, 0.2) is 213 Å². The number of allylic oxidation sites excluding steroid dienone is 6. The zero-order valence-corrected chi connectivity index (χ0v) is 28.6. The van der Waals surface area contributed by atoms with Crippen LogP contribution in [0.4, 0.5) is 11.4 Å². The average Bonchev–Trinajstić information content (AvgIpc) is 3.59. The standard InChI is InChI=1S/C51H39N/c1-3-4-17-36(2)51(39-19-7-5-8-20-39)49-27-16-15-26-46(49)47-33-32-42(35-50(47)51)52(40-21-9-6-10-22-40)41-30-28-37(29-31-41)48-34-38-18-11-12-23-43(38)44-24-13-14-25-45(44)48/h3-30,32-35,41H,1-2,31H2/b17-4-/i9D,10D,21D,22D,32D,33D,35D. The summed E-state index contributed by atoms with van der Waals surface area (Å²) in [4.78, 5) is 1.60. The van der Waals surface area contributed by atoms with Crippen LogP contribution < -0.4 is 4.90 Å². The van der Waals surface area contributed by atoms with Crippen molar-refractivity contribution in [3.05, 3.63) is 235 Å². The van der Waals surface area contributed by atoms with Gasteiger partial charge >= 0.3 is 0 Å². The van der Waals surface area contributed by atoms with Gasteiger partial charge in [-0.2, -0.15) is 0 Å². The van der Waals surface area contributed by atoms with Crippen molar-refractivity contribution in [1.82, 2.24) is 0 Å². The number of nitrogens with zero attached hydrogens (tertiary/aromatic N) is 1. The molecule has 0 aliphatic heterocycles. The van der Waals surface area contributed by atoms with E-state index in [1.165, 1.54) is 6.07 Å². The molecule has 0 aromatic heterocycles. The third kappa shape index (κ3) is 5.00. The van der Waals surface area contributed by atoms with Gasteiger partial charge in [0.25, 0.3) is 0 Å². The molecule has 0 amide bonds. The SMILES string of the molecule is [2H]c1cc([2H])c([2H])c(N(c2c([2H])c([2H])c3c(c2[2H])C(C(=C)/C=C\C=C)(c2ccccc2)c2ccccc2-3)C2C=CC(c3cc4ccccc4c4ccccc34)=CC2)c1[2H]. The molecule has 0 fully saturated rings. The number of hydrogen-bond donors (Lipinski definition) is 0. The Kier molecular flexibility index (Phi) is 6.18. The lowest BCUT2D eigenvalue weighted by atomic mass is 9.67. The molecule has 248 valence electrons. The Hall–Kier alpha value is -6.44. The molecule has 2 atom stereocenters. The predicted octanol–water partition coefficient (Wildman–Crippen LogP) is 13.2. The highest BCUT2D eigenvalue weighted by atomic mass is 15.2. The number of benzene rings is 7. The third-order valence-electron chi connectivity index (χ3n) is 10.4. The van der Waals surface area contributed by atoms with Crippen molar-refractivity contribution >= 4 is 38.5 Å². The molecule has 2 unspecified atom stereocenters. The predicted molar refractivity (Wildman–Crippen MR) is 222 cm³/mol. The van der Waals surface area contributed by atoms with Crippen LogP contribution in [0.2, 0.25) is 0 Å². The van der Waals surface area contributed by atoms with E-state index in [1.807, 2.05) is 97.1 Å². The maximum Gasteiger partial charge on any atom is 0.0708 e. The third-order valence-corrected chi connectivity index (χ3v) is 10.4. The molecule has 0 spiro atoms. The van der Waals surface area contributed by atoms with Crippen LogP contribution >= 0.6 is 0 Å². The van der Waals surface area contributed by atoms with E-state index in [0.717, 1.165) is 49.4 Å². The fraction of sp³-hybridized carbons (Fsp3) is 0.0588. The van der Waals surface area contributed by atoms with Crippen LogP contribution in [0.1, 0.15) is 38.3 Å². The molecule has 0 bridgehead atoms. The maximum absolute atomic E-state index is 10.3. The Morgan fingerprint density at radius 3 is 2.23 bits per heavy atom. The van der Waals surface area contributed by atoms with Crippen LogP contribution in [0.25, 0.3) is 38.2 Å². The first kappa shape index (κ1) is 24.7. The Labute approximate surface area is 316 Å². The van der Waals surface area contributed by atoms with E-state index in [0.29, 0.717) is 23.1 Å². The number of para-hydroxylation sites is 1. The highest BCUT2D eigenvalue weighted by molar-refractivity contribution is 6.12. The minimum absolute atomic E-state index is 0.0250. The average molecular weight is 673 g/mol. The van der Waals surface area contributed by atoms with Gasteiger partial charge in [-0.1, -0.05) is 177 Å². The molecule has 0 N–H and O–H groups in total. The largest absolute Gasteiger partial charge is 0.334 e. The lowest BCUT2D eigenvalue weighted by Gasteiger charge is -2.36. The van der Waals surface area contributed by atoms with Crippen molar-refractivity contribution in [2.24, 2.45) is 0 Å². The summed E-state index contributed by atoms with van der Waals surface area (Å²) in [5, 5.41) is 4.51. The molecule has 9 rings (SSSR count). The molecule has 0 saturated heterocycles. The Morgan fingerprint density at radius 2 is 1.44 bits per heavy atom. The highest BCUT2D eigenvalue weighted by Gasteiger charge is 2.46. The molecular formula is C51H39N. The van der Waals surface area contributed by atoms with Gasteiger partial charge in [-0.05, 0) is 103 Å². The Morgan fingerprint density at radius 1 is 0.712 bits per heavy atom. The normalized spacial score (nSPS) is 19.4. The van der Waals surface area contributed by atoms with E-state index in [-0.39, 0.29) is 53.7 Å². The van der Waals surface area contributed by atoms with E-state index in [1.54, 1.807) is 17.1 Å². The topological polar surface area (TPSA) is 3.24 Å². The second-order valence-corrected chi connectivity index (χ2v) is 13.2. The van der Waals surface area contributed by atoms with Crippen molar-refractivity contribution in [1.29, 1.82) is 0 Å². The second kappa shape index (κ2) is 13.0. The van der Waals surface area contributed by atoms with Crippen LogP contribution in [0, 0.1) is 0 Å². The minimum Gasteiger partial charge on any atom is -0.334 e. The molecule has 7 aromatic carbocycles. The summed E-state index contributed by atoms with van der Waals surface area (Å²) in [5.74, 6) is 0. The van der Waals surface area contributed by atoms with E-state index in [9.17, 15) is 6.85 Å². The van der Waals surface area contributed by atoms with Gasteiger partial charge in [-0.15, -0.1) is 0 Å². The summed E-state index contributed by atoms with van der Waals surface area (Å²) in [5.41, 5.74) is 4.76. The fourth-order valence-electron chi connectivity index (χ4n) is 8.11. The smallest absolute Gasteiger partial charge is 0.0708 e. The Bertz CT molecular complexity index is 2970. The minimum atomic E-state index is -1.16. The molecule has 7 aromatic rings. The summed E-state index contributed by atoms with van der Waals surface area (Å²) < 4.78 is 65.6.